The first-order valence-corrected chi connectivity index (χ1v) is 6.84. The minimum atomic E-state index is 0.286. The molecule has 98 valence electrons. The first-order valence-electron chi connectivity index (χ1n) is 6.84. The Labute approximate surface area is 108 Å². The molecule has 3 unspecified atom stereocenters. The first-order chi connectivity index (χ1) is 8.79. The summed E-state index contributed by atoms with van der Waals surface area (Å²) in [7, 11) is 2.02. The number of hydrogen-bond donors (Lipinski definition) is 1. The van der Waals surface area contributed by atoms with Crippen LogP contribution in [0.1, 0.15) is 30.5 Å². The number of ether oxygens (including phenoxy) is 2. The molecule has 18 heavy (non-hydrogen) atoms. The maximum atomic E-state index is 5.90. The lowest BCUT2D eigenvalue weighted by atomic mass is 9.91. The van der Waals surface area contributed by atoms with Gasteiger partial charge in [-0.2, -0.15) is 0 Å². The maximum Gasteiger partial charge on any atom is 0.122 e. The Balaban J connectivity index is 1.87. The van der Waals surface area contributed by atoms with Crippen LogP contribution >= 0.6 is 0 Å². The van der Waals surface area contributed by atoms with Gasteiger partial charge in [-0.1, -0.05) is 19.1 Å². The highest BCUT2D eigenvalue weighted by atomic mass is 16.5. The van der Waals surface area contributed by atoms with E-state index in [1.807, 2.05) is 7.05 Å². The van der Waals surface area contributed by atoms with Gasteiger partial charge in [0.1, 0.15) is 5.75 Å². The Morgan fingerprint density at radius 2 is 2.22 bits per heavy atom. The van der Waals surface area contributed by atoms with Crippen LogP contribution in [0.15, 0.2) is 18.2 Å². The van der Waals surface area contributed by atoms with E-state index in [1.54, 1.807) is 0 Å². The van der Waals surface area contributed by atoms with E-state index in [0.717, 1.165) is 31.8 Å². The number of hydrogen-bond acceptors (Lipinski definition) is 3. The van der Waals surface area contributed by atoms with Crippen molar-refractivity contribution in [3.8, 4) is 5.75 Å². The van der Waals surface area contributed by atoms with Crippen LogP contribution in [0, 0.1) is 5.92 Å². The van der Waals surface area contributed by atoms with Gasteiger partial charge in [0.05, 0.1) is 18.8 Å². The topological polar surface area (TPSA) is 30.5 Å². The molecule has 1 N–H and O–H groups in total. The summed E-state index contributed by atoms with van der Waals surface area (Å²) in [5.74, 6) is 1.67. The molecule has 0 amide bonds. The molecular weight excluding hydrogens is 226 g/mol. The Morgan fingerprint density at radius 1 is 1.33 bits per heavy atom. The Kier molecular flexibility index (Phi) is 3.27. The molecule has 3 atom stereocenters. The largest absolute Gasteiger partial charge is 0.493 e. The predicted octanol–water partition coefficient (Wildman–Crippen LogP) is 2.31. The number of nitrogens with one attached hydrogen (secondary N) is 1. The molecule has 2 heterocycles. The Morgan fingerprint density at radius 3 is 2.94 bits per heavy atom. The third-order valence-corrected chi connectivity index (χ3v) is 4.16. The standard InChI is InChI=1S/C15H21NO2/c1-10-5-7-18-15(10)14(16-2)12-3-4-13-11(9-12)6-8-17-13/h3-4,9-10,14-16H,5-8H2,1-2H3. The molecule has 1 saturated heterocycles. The molecule has 0 saturated carbocycles. The molecule has 1 aromatic rings. The van der Waals surface area contributed by atoms with Crippen LogP contribution in [-0.4, -0.2) is 26.4 Å². The van der Waals surface area contributed by atoms with Crippen molar-refractivity contribution in [1.82, 2.24) is 5.32 Å². The third kappa shape index (κ3) is 2.02. The second-order valence-electron chi connectivity index (χ2n) is 5.33. The van der Waals surface area contributed by atoms with E-state index in [1.165, 1.54) is 11.1 Å². The molecule has 0 bridgehead atoms. The molecule has 3 rings (SSSR count). The second kappa shape index (κ2) is 4.90. The fraction of sp³-hybridized carbons (Fsp3) is 0.600. The van der Waals surface area contributed by atoms with Crippen LogP contribution in [0.4, 0.5) is 0 Å². The summed E-state index contributed by atoms with van der Waals surface area (Å²) < 4.78 is 11.5. The smallest absolute Gasteiger partial charge is 0.122 e. The summed E-state index contributed by atoms with van der Waals surface area (Å²) in [5.41, 5.74) is 2.65. The third-order valence-electron chi connectivity index (χ3n) is 4.16. The van der Waals surface area contributed by atoms with Gasteiger partial charge in [0.25, 0.3) is 0 Å². The molecule has 2 aliphatic rings. The Bertz CT molecular complexity index is 433. The van der Waals surface area contributed by atoms with Gasteiger partial charge < -0.3 is 14.8 Å². The zero-order valence-corrected chi connectivity index (χ0v) is 11.1. The van der Waals surface area contributed by atoms with Gasteiger partial charge in [-0.25, -0.2) is 0 Å². The van der Waals surface area contributed by atoms with Crippen molar-refractivity contribution in [2.45, 2.75) is 31.9 Å². The number of likely N-dealkylation sites (N-methyl/N-ethyl adjacent to an activating group) is 1. The van der Waals surface area contributed by atoms with Crippen LogP contribution in [0.5, 0.6) is 5.75 Å². The summed E-state index contributed by atoms with van der Waals surface area (Å²) in [6.45, 7) is 3.98. The molecule has 0 spiro atoms. The zero-order chi connectivity index (χ0) is 12.5. The van der Waals surface area contributed by atoms with Gasteiger partial charge in [-0.15, -0.1) is 0 Å². The molecule has 0 aromatic heterocycles. The van der Waals surface area contributed by atoms with Gasteiger partial charge in [-0.05, 0) is 36.6 Å². The highest BCUT2D eigenvalue weighted by molar-refractivity contribution is 5.41. The highest BCUT2D eigenvalue weighted by Crippen LogP contribution is 2.34. The van der Waals surface area contributed by atoms with Crippen LogP contribution in [-0.2, 0) is 11.2 Å². The van der Waals surface area contributed by atoms with Crippen molar-refractivity contribution >= 4 is 0 Å². The van der Waals surface area contributed by atoms with Gasteiger partial charge in [0, 0.05) is 13.0 Å². The van der Waals surface area contributed by atoms with E-state index in [0.29, 0.717) is 5.92 Å². The van der Waals surface area contributed by atoms with Crippen molar-refractivity contribution < 1.29 is 9.47 Å². The fourth-order valence-corrected chi connectivity index (χ4v) is 3.06. The van der Waals surface area contributed by atoms with Crippen molar-refractivity contribution in [2.75, 3.05) is 20.3 Å². The van der Waals surface area contributed by atoms with Gasteiger partial charge in [0.15, 0.2) is 0 Å². The van der Waals surface area contributed by atoms with Crippen molar-refractivity contribution in [1.29, 1.82) is 0 Å². The maximum absolute atomic E-state index is 5.90. The SMILES string of the molecule is CNC(c1ccc2c(c1)CCO2)C1OCCC1C. The van der Waals surface area contributed by atoms with Crippen molar-refractivity contribution in [3.05, 3.63) is 29.3 Å². The van der Waals surface area contributed by atoms with Crippen LogP contribution in [0.2, 0.25) is 0 Å². The van der Waals surface area contributed by atoms with E-state index in [9.17, 15) is 0 Å². The molecule has 1 fully saturated rings. The average Bonchev–Trinajstić information content (AvgIpc) is 2.99. The van der Waals surface area contributed by atoms with Crippen molar-refractivity contribution in [3.63, 3.8) is 0 Å². The average molecular weight is 247 g/mol. The first kappa shape index (κ1) is 12.0. The number of benzene rings is 1. The van der Waals surface area contributed by atoms with Gasteiger partial charge in [-0.3, -0.25) is 0 Å². The zero-order valence-electron chi connectivity index (χ0n) is 11.1. The lowest BCUT2D eigenvalue weighted by Crippen LogP contribution is -2.32. The highest BCUT2D eigenvalue weighted by Gasteiger charge is 2.32. The quantitative estimate of drug-likeness (QED) is 0.889. The van der Waals surface area contributed by atoms with Gasteiger partial charge >= 0.3 is 0 Å². The number of rotatable bonds is 3. The molecule has 3 nitrogen and oxygen atoms in total. The molecular formula is C15H21NO2. The lowest BCUT2D eigenvalue weighted by molar-refractivity contribution is 0.0631. The van der Waals surface area contributed by atoms with E-state index in [4.69, 9.17) is 9.47 Å². The summed E-state index contributed by atoms with van der Waals surface area (Å²) in [6, 6.07) is 6.83. The van der Waals surface area contributed by atoms with E-state index in [-0.39, 0.29) is 12.1 Å². The predicted molar refractivity (Wildman–Crippen MR) is 71.0 cm³/mol. The minimum Gasteiger partial charge on any atom is -0.493 e. The normalized spacial score (nSPS) is 27.9. The minimum absolute atomic E-state index is 0.286. The Hall–Kier alpha value is -1.06. The second-order valence-corrected chi connectivity index (χ2v) is 5.33. The summed E-state index contributed by atoms with van der Waals surface area (Å²) in [4.78, 5) is 0. The van der Waals surface area contributed by atoms with Crippen LogP contribution < -0.4 is 10.1 Å². The molecule has 1 aromatic carbocycles. The van der Waals surface area contributed by atoms with Gasteiger partial charge in [0.2, 0.25) is 0 Å². The van der Waals surface area contributed by atoms with E-state index < -0.39 is 0 Å². The summed E-state index contributed by atoms with van der Waals surface area (Å²) in [5, 5.41) is 3.42. The monoisotopic (exact) mass is 247 g/mol. The molecule has 0 aliphatic carbocycles. The van der Waals surface area contributed by atoms with Crippen LogP contribution in [0.25, 0.3) is 0 Å². The van der Waals surface area contributed by atoms with Crippen LogP contribution in [0.3, 0.4) is 0 Å². The lowest BCUT2D eigenvalue weighted by Gasteiger charge is -2.26. The fourth-order valence-electron chi connectivity index (χ4n) is 3.06. The molecule has 0 radical (unpaired) electrons. The summed E-state index contributed by atoms with van der Waals surface area (Å²) in [6.07, 6.45) is 2.48. The van der Waals surface area contributed by atoms with Crippen molar-refractivity contribution in [2.24, 2.45) is 5.92 Å². The number of fused-ring (bicyclic) bond motifs is 1. The molecule has 3 heteroatoms. The molecule has 2 aliphatic heterocycles. The summed E-state index contributed by atoms with van der Waals surface area (Å²) >= 11 is 0. The van der Waals surface area contributed by atoms with E-state index in [2.05, 4.69) is 30.4 Å². The van der Waals surface area contributed by atoms with E-state index >= 15 is 0 Å².